The van der Waals surface area contributed by atoms with Gasteiger partial charge in [0, 0.05) is 10.6 Å². The molecule has 0 radical (unpaired) electrons. The van der Waals surface area contributed by atoms with Gasteiger partial charge in [0.2, 0.25) is 11.8 Å². The van der Waals surface area contributed by atoms with Crippen molar-refractivity contribution < 1.29 is 14.3 Å². The average molecular weight is 335 g/mol. The smallest absolute Gasteiger partial charge is 0.335 e. The van der Waals surface area contributed by atoms with Gasteiger partial charge in [-0.05, 0) is 36.4 Å². The second kappa shape index (κ2) is 5.79. The number of aromatic carboxylic acids is 1. The molecule has 0 aliphatic heterocycles. The van der Waals surface area contributed by atoms with Gasteiger partial charge in [-0.1, -0.05) is 29.3 Å². The Hall–Kier alpha value is -2.37. The molecule has 0 bridgehead atoms. The molecule has 3 rings (SSSR count). The maximum atomic E-state index is 11.0. The summed E-state index contributed by atoms with van der Waals surface area (Å²) >= 11 is 11.9. The van der Waals surface area contributed by atoms with E-state index in [1.165, 1.54) is 12.1 Å². The van der Waals surface area contributed by atoms with E-state index in [4.69, 9.17) is 32.7 Å². The quantitative estimate of drug-likeness (QED) is 0.767. The van der Waals surface area contributed by atoms with Crippen LogP contribution in [0, 0.1) is 0 Å². The van der Waals surface area contributed by atoms with Gasteiger partial charge >= 0.3 is 5.97 Å². The number of hydrogen-bond acceptors (Lipinski definition) is 4. The SMILES string of the molecule is O=C(O)c1cccc(-c2nnc(-c3ccc(Cl)cc3Cl)o2)c1. The topological polar surface area (TPSA) is 76.2 Å². The molecular formula is C15H8Cl2N2O3. The number of hydrogen-bond donors (Lipinski definition) is 1. The molecule has 0 unspecified atom stereocenters. The van der Waals surface area contributed by atoms with Gasteiger partial charge in [-0.25, -0.2) is 4.79 Å². The number of carbonyl (C=O) groups is 1. The van der Waals surface area contributed by atoms with Gasteiger partial charge in [-0.3, -0.25) is 0 Å². The first-order valence-electron chi connectivity index (χ1n) is 6.17. The summed E-state index contributed by atoms with van der Waals surface area (Å²) in [5.41, 5.74) is 1.21. The second-order valence-electron chi connectivity index (χ2n) is 4.42. The monoisotopic (exact) mass is 334 g/mol. The third-order valence-corrected chi connectivity index (χ3v) is 3.49. The Labute approximate surface area is 135 Å². The predicted molar refractivity (Wildman–Crippen MR) is 82.1 cm³/mol. The van der Waals surface area contributed by atoms with Crippen molar-refractivity contribution in [1.82, 2.24) is 10.2 Å². The fourth-order valence-electron chi connectivity index (χ4n) is 1.90. The van der Waals surface area contributed by atoms with E-state index in [9.17, 15) is 4.79 Å². The minimum Gasteiger partial charge on any atom is -0.478 e. The molecule has 110 valence electrons. The van der Waals surface area contributed by atoms with Gasteiger partial charge in [0.05, 0.1) is 16.1 Å². The van der Waals surface area contributed by atoms with Gasteiger partial charge in [0.1, 0.15) is 0 Å². The van der Waals surface area contributed by atoms with Gasteiger partial charge in [-0.15, -0.1) is 10.2 Å². The highest BCUT2D eigenvalue weighted by Crippen LogP contribution is 2.31. The molecule has 1 aromatic heterocycles. The van der Waals surface area contributed by atoms with Crippen molar-refractivity contribution in [2.45, 2.75) is 0 Å². The zero-order chi connectivity index (χ0) is 15.7. The molecule has 3 aromatic rings. The summed E-state index contributed by atoms with van der Waals surface area (Å²) in [6.45, 7) is 0. The fraction of sp³-hybridized carbons (Fsp3) is 0. The van der Waals surface area contributed by atoms with E-state index in [1.807, 2.05) is 0 Å². The van der Waals surface area contributed by atoms with Crippen LogP contribution in [0.4, 0.5) is 0 Å². The summed E-state index contributed by atoms with van der Waals surface area (Å²) in [6, 6.07) is 11.2. The number of nitrogens with zero attached hydrogens (tertiary/aromatic N) is 2. The molecule has 0 amide bonds. The summed E-state index contributed by atoms with van der Waals surface area (Å²) in [7, 11) is 0. The number of benzene rings is 2. The summed E-state index contributed by atoms with van der Waals surface area (Å²) in [5, 5.41) is 17.8. The lowest BCUT2D eigenvalue weighted by molar-refractivity contribution is 0.0697. The molecule has 7 heteroatoms. The van der Waals surface area contributed by atoms with Crippen LogP contribution < -0.4 is 0 Å². The van der Waals surface area contributed by atoms with Gasteiger partial charge in [0.15, 0.2) is 0 Å². The highest BCUT2D eigenvalue weighted by Gasteiger charge is 2.14. The summed E-state index contributed by atoms with van der Waals surface area (Å²) in [6.07, 6.45) is 0. The van der Waals surface area contributed by atoms with E-state index in [1.54, 1.807) is 30.3 Å². The minimum atomic E-state index is -1.03. The molecule has 2 aromatic carbocycles. The summed E-state index contributed by atoms with van der Waals surface area (Å²) in [5.74, 6) is -0.580. The number of rotatable bonds is 3. The summed E-state index contributed by atoms with van der Waals surface area (Å²) in [4.78, 5) is 11.0. The Morgan fingerprint density at radius 1 is 1.05 bits per heavy atom. The zero-order valence-corrected chi connectivity index (χ0v) is 12.5. The van der Waals surface area contributed by atoms with Crippen molar-refractivity contribution in [3.8, 4) is 22.9 Å². The van der Waals surface area contributed by atoms with Crippen molar-refractivity contribution in [2.75, 3.05) is 0 Å². The summed E-state index contributed by atoms with van der Waals surface area (Å²) < 4.78 is 5.57. The molecule has 0 spiro atoms. The number of carboxylic acids is 1. The van der Waals surface area contributed by atoms with E-state index in [-0.39, 0.29) is 17.3 Å². The molecule has 0 saturated carbocycles. The maximum absolute atomic E-state index is 11.0. The number of aromatic nitrogens is 2. The van der Waals surface area contributed by atoms with Crippen LogP contribution in [-0.2, 0) is 0 Å². The molecular weight excluding hydrogens is 327 g/mol. The van der Waals surface area contributed by atoms with Crippen LogP contribution in [0.3, 0.4) is 0 Å². The van der Waals surface area contributed by atoms with E-state index in [2.05, 4.69) is 10.2 Å². The van der Waals surface area contributed by atoms with Crippen LogP contribution in [-0.4, -0.2) is 21.3 Å². The van der Waals surface area contributed by atoms with Crippen LogP contribution in [0.15, 0.2) is 46.9 Å². The molecule has 1 heterocycles. The van der Waals surface area contributed by atoms with Crippen molar-refractivity contribution in [3.63, 3.8) is 0 Å². The van der Waals surface area contributed by atoms with Gasteiger partial charge in [-0.2, -0.15) is 0 Å². The van der Waals surface area contributed by atoms with Crippen LogP contribution in [0.2, 0.25) is 10.0 Å². The Morgan fingerprint density at radius 3 is 2.55 bits per heavy atom. The van der Waals surface area contributed by atoms with Gasteiger partial charge < -0.3 is 9.52 Å². The Morgan fingerprint density at radius 2 is 1.82 bits per heavy atom. The first-order valence-corrected chi connectivity index (χ1v) is 6.93. The lowest BCUT2D eigenvalue weighted by Gasteiger charge is -1.99. The van der Waals surface area contributed by atoms with Crippen molar-refractivity contribution in [3.05, 3.63) is 58.1 Å². The highest BCUT2D eigenvalue weighted by atomic mass is 35.5. The maximum Gasteiger partial charge on any atom is 0.335 e. The molecule has 1 N–H and O–H groups in total. The lowest BCUT2D eigenvalue weighted by atomic mass is 10.1. The normalized spacial score (nSPS) is 10.6. The number of halogens is 2. The van der Waals surface area contributed by atoms with Crippen molar-refractivity contribution >= 4 is 29.2 Å². The van der Waals surface area contributed by atoms with Crippen LogP contribution in [0.5, 0.6) is 0 Å². The molecule has 0 aliphatic carbocycles. The predicted octanol–water partition coefficient (Wildman–Crippen LogP) is 4.41. The molecule has 0 saturated heterocycles. The zero-order valence-electron chi connectivity index (χ0n) is 11.0. The van der Waals surface area contributed by atoms with E-state index < -0.39 is 5.97 Å². The largest absolute Gasteiger partial charge is 0.478 e. The van der Waals surface area contributed by atoms with Gasteiger partial charge in [0.25, 0.3) is 0 Å². The second-order valence-corrected chi connectivity index (χ2v) is 5.27. The van der Waals surface area contributed by atoms with E-state index >= 15 is 0 Å². The highest BCUT2D eigenvalue weighted by molar-refractivity contribution is 6.36. The first kappa shape index (κ1) is 14.6. The fourth-order valence-corrected chi connectivity index (χ4v) is 2.39. The standard InChI is InChI=1S/C15H8Cl2N2O3/c16-10-4-5-11(12(17)7-10)14-19-18-13(22-14)8-2-1-3-9(6-8)15(20)21/h1-7H,(H,20,21). The first-order chi connectivity index (χ1) is 10.5. The third kappa shape index (κ3) is 2.81. The van der Waals surface area contributed by atoms with E-state index in [0.29, 0.717) is 21.2 Å². The molecule has 5 nitrogen and oxygen atoms in total. The molecule has 0 atom stereocenters. The number of carboxylic acid groups (broad SMARTS) is 1. The van der Waals surface area contributed by atoms with Crippen LogP contribution >= 0.6 is 23.2 Å². The van der Waals surface area contributed by atoms with Crippen LogP contribution in [0.1, 0.15) is 10.4 Å². The van der Waals surface area contributed by atoms with Crippen LogP contribution in [0.25, 0.3) is 22.9 Å². The van der Waals surface area contributed by atoms with Crippen molar-refractivity contribution in [2.24, 2.45) is 0 Å². The van der Waals surface area contributed by atoms with Crippen molar-refractivity contribution in [1.29, 1.82) is 0 Å². The Bertz CT molecular complexity index is 861. The Kier molecular flexibility index (Phi) is 3.83. The lowest BCUT2D eigenvalue weighted by Crippen LogP contribution is -1.95. The average Bonchev–Trinajstić information content (AvgIpc) is 2.97. The molecule has 0 aliphatic rings. The minimum absolute atomic E-state index is 0.141. The Balaban J connectivity index is 2.00. The third-order valence-electron chi connectivity index (χ3n) is 2.94. The van der Waals surface area contributed by atoms with E-state index in [0.717, 1.165) is 0 Å². The molecule has 22 heavy (non-hydrogen) atoms. The molecule has 0 fully saturated rings.